The van der Waals surface area contributed by atoms with Crippen LogP contribution < -0.4 is 5.32 Å². The van der Waals surface area contributed by atoms with Gasteiger partial charge in [-0.1, -0.05) is 43.2 Å². The van der Waals surface area contributed by atoms with Crippen LogP contribution in [0.3, 0.4) is 0 Å². The fourth-order valence-corrected chi connectivity index (χ4v) is 2.51. The van der Waals surface area contributed by atoms with Crippen molar-refractivity contribution in [1.29, 1.82) is 0 Å². The third-order valence-electron chi connectivity index (χ3n) is 3.66. The second-order valence-electron chi connectivity index (χ2n) is 5.10. The van der Waals surface area contributed by atoms with Crippen LogP contribution in [0.5, 0.6) is 0 Å². The molecular weight excluding hydrogens is 238 g/mol. The van der Waals surface area contributed by atoms with E-state index in [2.05, 4.69) is 5.32 Å². The van der Waals surface area contributed by atoms with Crippen molar-refractivity contribution in [3.63, 3.8) is 0 Å². The number of aliphatic hydroxyl groups is 1. The number of amides is 1. The Balaban J connectivity index is 1.73. The predicted octanol–water partition coefficient (Wildman–Crippen LogP) is 2.37. The van der Waals surface area contributed by atoms with E-state index in [1.165, 1.54) is 18.9 Å². The maximum Gasteiger partial charge on any atom is 0.244 e. The minimum Gasteiger partial charge on any atom is -0.391 e. The summed E-state index contributed by atoms with van der Waals surface area (Å²) in [7, 11) is 0. The molecule has 0 bridgehead atoms. The Labute approximate surface area is 114 Å². The van der Waals surface area contributed by atoms with Gasteiger partial charge in [-0.3, -0.25) is 4.79 Å². The van der Waals surface area contributed by atoms with Gasteiger partial charge in [-0.2, -0.15) is 0 Å². The minimum atomic E-state index is -0.406. The third kappa shape index (κ3) is 4.52. The summed E-state index contributed by atoms with van der Waals surface area (Å²) in [4.78, 5) is 11.6. The average molecular weight is 259 g/mol. The number of hydrogen-bond donors (Lipinski definition) is 2. The van der Waals surface area contributed by atoms with Crippen molar-refractivity contribution in [2.75, 3.05) is 6.54 Å². The first-order valence-corrected chi connectivity index (χ1v) is 6.95. The summed E-state index contributed by atoms with van der Waals surface area (Å²) >= 11 is 0. The zero-order chi connectivity index (χ0) is 13.5. The molecule has 1 saturated carbocycles. The Kier molecular flexibility index (Phi) is 5.16. The average Bonchev–Trinajstić information content (AvgIpc) is 2.98. The van der Waals surface area contributed by atoms with Crippen LogP contribution in [-0.4, -0.2) is 23.7 Å². The maximum atomic E-state index is 11.6. The molecule has 102 valence electrons. The molecule has 1 atom stereocenters. The summed E-state index contributed by atoms with van der Waals surface area (Å²) in [5.74, 6) is 0.208. The number of benzene rings is 1. The number of carbonyl (C=O) groups is 1. The Hall–Kier alpha value is -1.61. The van der Waals surface area contributed by atoms with E-state index in [-0.39, 0.29) is 5.91 Å². The van der Waals surface area contributed by atoms with Gasteiger partial charge in [0.1, 0.15) is 0 Å². The zero-order valence-electron chi connectivity index (χ0n) is 11.1. The van der Waals surface area contributed by atoms with E-state index < -0.39 is 6.10 Å². The highest BCUT2D eigenvalue weighted by atomic mass is 16.3. The SMILES string of the molecule is O=C(/C=C/c1ccccc1)NCC(O)C1CCCC1. The van der Waals surface area contributed by atoms with Gasteiger partial charge in [-0.05, 0) is 30.4 Å². The van der Waals surface area contributed by atoms with Crippen molar-refractivity contribution in [3.05, 3.63) is 42.0 Å². The van der Waals surface area contributed by atoms with Gasteiger partial charge in [0.2, 0.25) is 5.91 Å². The monoisotopic (exact) mass is 259 g/mol. The summed E-state index contributed by atoms with van der Waals surface area (Å²) < 4.78 is 0. The molecule has 19 heavy (non-hydrogen) atoms. The highest BCUT2D eigenvalue weighted by Crippen LogP contribution is 2.27. The van der Waals surface area contributed by atoms with E-state index in [0.717, 1.165) is 18.4 Å². The van der Waals surface area contributed by atoms with Crippen molar-refractivity contribution in [3.8, 4) is 0 Å². The Morgan fingerprint density at radius 1 is 1.32 bits per heavy atom. The third-order valence-corrected chi connectivity index (χ3v) is 3.66. The molecule has 0 saturated heterocycles. The van der Waals surface area contributed by atoms with Crippen molar-refractivity contribution in [2.24, 2.45) is 5.92 Å². The lowest BCUT2D eigenvalue weighted by molar-refractivity contribution is -0.117. The molecule has 1 fully saturated rings. The molecule has 1 aliphatic rings. The molecule has 0 aromatic heterocycles. The van der Waals surface area contributed by atoms with Crippen LogP contribution >= 0.6 is 0 Å². The van der Waals surface area contributed by atoms with Crippen molar-refractivity contribution in [2.45, 2.75) is 31.8 Å². The predicted molar refractivity (Wildman–Crippen MR) is 76.5 cm³/mol. The molecule has 1 aromatic carbocycles. The van der Waals surface area contributed by atoms with Gasteiger partial charge >= 0.3 is 0 Å². The summed E-state index contributed by atoms with van der Waals surface area (Å²) in [5, 5.41) is 12.7. The summed E-state index contributed by atoms with van der Waals surface area (Å²) in [6, 6.07) is 9.69. The first-order chi connectivity index (χ1) is 9.25. The van der Waals surface area contributed by atoms with Crippen LogP contribution in [0.1, 0.15) is 31.2 Å². The molecule has 1 aliphatic carbocycles. The van der Waals surface area contributed by atoms with Gasteiger partial charge < -0.3 is 10.4 Å². The molecular formula is C16H21NO2. The number of carbonyl (C=O) groups excluding carboxylic acids is 1. The van der Waals surface area contributed by atoms with Gasteiger partial charge in [0.15, 0.2) is 0 Å². The fraction of sp³-hybridized carbons (Fsp3) is 0.438. The first kappa shape index (κ1) is 13.8. The molecule has 1 unspecified atom stereocenters. The topological polar surface area (TPSA) is 49.3 Å². The lowest BCUT2D eigenvalue weighted by Gasteiger charge is -2.17. The number of rotatable bonds is 5. The molecule has 0 aliphatic heterocycles. The van der Waals surface area contributed by atoms with E-state index >= 15 is 0 Å². The van der Waals surface area contributed by atoms with Crippen molar-refractivity contribution >= 4 is 12.0 Å². The number of nitrogens with one attached hydrogen (secondary N) is 1. The quantitative estimate of drug-likeness (QED) is 0.798. The molecule has 0 heterocycles. The van der Waals surface area contributed by atoms with E-state index in [1.807, 2.05) is 30.3 Å². The van der Waals surface area contributed by atoms with Crippen LogP contribution in [0.25, 0.3) is 6.08 Å². The smallest absolute Gasteiger partial charge is 0.244 e. The zero-order valence-corrected chi connectivity index (χ0v) is 11.1. The van der Waals surface area contributed by atoms with Crippen LogP contribution in [0.2, 0.25) is 0 Å². The second kappa shape index (κ2) is 7.10. The summed E-state index contributed by atoms with van der Waals surface area (Å²) in [5.41, 5.74) is 0.994. The second-order valence-corrected chi connectivity index (χ2v) is 5.10. The fourth-order valence-electron chi connectivity index (χ4n) is 2.51. The number of aliphatic hydroxyl groups excluding tert-OH is 1. The Bertz CT molecular complexity index is 422. The lowest BCUT2D eigenvalue weighted by Crippen LogP contribution is -2.34. The largest absolute Gasteiger partial charge is 0.391 e. The molecule has 0 radical (unpaired) electrons. The van der Waals surface area contributed by atoms with Crippen LogP contribution in [0.15, 0.2) is 36.4 Å². The highest BCUT2D eigenvalue weighted by molar-refractivity contribution is 5.91. The normalized spacial score (nSPS) is 17.7. The first-order valence-electron chi connectivity index (χ1n) is 6.95. The highest BCUT2D eigenvalue weighted by Gasteiger charge is 2.22. The van der Waals surface area contributed by atoms with Gasteiger partial charge in [-0.25, -0.2) is 0 Å². The van der Waals surface area contributed by atoms with E-state index in [9.17, 15) is 9.90 Å². The summed E-state index contributed by atoms with van der Waals surface area (Å²) in [6.07, 6.45) is 7.44. The van der Waals surface area contributed by atoms with Gasteiger partial charge in [0, 0.05) is 12.6 Å². The molecule has 3 heteroatoms. The van der Waals surface area contributed by atoms with Gasteiger partial charge in [0.05, 0.1) is 6.10 Å². The van der Waals surface area contributed by atoms with Crippen molar-refractivity contribution in [1.82, 2.24) is 5.32 Å². The molecule has 2 N–H and O–H groups in total. The lowest BCUT2D eigenvalue weighted by atomic mass is 10.0. The van der Waals surface area contributed by atoms with Gasteiger partial charge in [0.25, 0.3) is 0 Å². The van der Waals surface area contributed by atoms with Crippen LogP contribution in [0.4, 0.5) is 0 Å². The molecule has 1 aromatic rings. The number of hydrogen-bond acceptors (Lipinski definition) is 2. The molecule has 1 amide bonds. The Morgan fingerprint density at radius 3 is 2.68 bits per heavy atom. The van der Waals surface area contributed by atoms with Crippen LogP contribution in [-0.2, 0) is 4.79 Å². The van der Waals surface area contributed by atoms with E-state index in [4.69, 9.17) is 0 Å². The molecule has 0 spiro atoms. The molecule has 2 rings (SSSR count). The van der Waals surface area contributed by atoms with Crippen molar-refractivity contribution < 1.29 is 9.90 Å². The van der Waals surface area contributed by atoms with Gasteiger partial charge in [-0.15, -0.1) is 0 Å². The molecule has 3 nitrogen and oxygen atoms in total. The minimum absolute atomic E-state index is 0.152. The van der Waals surface area contributed by atoms with E-state index in [1.54, 1.807) is 6.08 Å². The maximum absolute atomic E-state index is 11.6. The summed E-state index contributed by atoms with van der Waals surface area (Å²) in [6.45, 7) is 0.350. The Morgan fingerprint density at radius 2 is 2.00 bits per heavy atom. The van der Waals surface area contributed by atoms with Crippen LogP contribution in [0, 0.1) is 5.92 Å². The standard InChI is InChI=1S/C16H21NO2/c18-15(14-8-4-5-9-14)12-17-16(19)11-10-13-6-2-1-3-7-13/h1-3,6-7,10-11,14-15,18H,4-5,8-9,12H2,(H,17,19)/b11-10+. The van der Waals surface area contributed by atoms with E-state index in [0.29, 0.717) is 12.5 Å².